The van der Waals surface area contributed by atoms with Crippen molar-refractivity contribution in [3.05, 3.63) is 71.8 Å². The van der Waals surface area contributed by atoms with Crippen molar-refractivity contribution < 1.29 is 4.79 Å². The zero-order chi connectivity index (χ0) is 19.5. The number of pyridine rings is 1. The molecule has 0 unspecified atom stereocenters. The molecule has 4 rings (SSSR count). The van der Waals surface area contributed by atoms with Crippen molar-refractivity contribution in [1.29, 1.82) is 0 Å². The smallest absolute Gasteiger partial charge is 0.248 e. The molecule has 0 radical (unpaired) electrons. The molecule has 0 spiro atoms. The van der Waals surface area contributed by atoms with Crippen LogP contribution in [0.2, 0.25) is 0 Å². The number of benzene rings is 1. The maximum absolute atomic E-state index is 11.5. The van der Waals surface area contributed by atoms with E-state index in [1.165, 1.54) is 17.7 Å². The van der Waals surface area contributed by atoms with Crippen LogP contribution < -0.4 is 5.73 Å². The second-order valence-electron chi connectivity index (χ2n) is 6.14. The third-order valence-corrected chi connectivity index (χ3v) is 5.56. The normalized spacial score (nSPS) is 11.3. The van der Waals surface area contributed by atoms with E-state index in [2.05, 4.69) is 25.2 Å². The monoisotopic (exact) mass is 388 g/mol. The van der Waals surface area contributed by atoms with Crippen LogP contribution >= 0.6 is 11.3 Å². The molecule has 28 heavy (non-hydrogen) atoms. The number of rotatable bonds is 5. The van der Waals surface area contributed by atoms with Gasteiger partial charge in [0, 0.05) is 22.8 Å². The lowest BCUT2D eigenvalue weighted by molar-refractivity contribution is 0.100. The van der Waals surface area contributed by atoms with Gasteiger partial charge in [0.25, 0.3) is 0 Å². The van der Waals surface area contributed by atoms with Crippen LogP contribution in [0.1, 0.15) is 21.5 Å². The molecule has 138 valence electrons. The van der Waals surface area contributed by atoms with Crippen molar-refractivity contribution in [3.63, 3.8) is 0 Å². The summed E-state index contributed by atoms with van der Waals surface area (Å²) in [5, 5.41) is 8.56. The number of fused-ring (bicyclic) bond motifs is 1. The van der Waals surface area contributed by atoms with Crippen LogP contribution in [0.5, 0.6) is 0 Å². The van der Waals surface area contributed by atoms with Gasteiger partial charge in [0.05, 0.1) is 12.1 Å². The fourth-order valence-corrected chi connectivity index (χ4v) is 4.03. The standard InChI is InChI=1S/C20H16N6OS/c1-12-16-18(28-17(12)14-5-2-6-15(8-14)19(21)27)20(24-11-23-16)26-25-10-13-4-3-7-22-9-13/h2-9,11H,10H2,1H3,(H2,21,27). The molecule has 0 saturated heterocycles. The molecule has 3 aromatic heterocycles. The molecule has 1 amide bonds. The Kier molecular flexibility index (Phi) is 4.86. The van der Waals surface area contributed by atoms with Crippen molar-refractivity contribution in [3.8, 4) is 10.4 Å². The zero-order valence-electron chi connectivity index (χ0n) is 15.0. The number of carbonyl (C=O) groups excluding carboxylic acids is 1. The number of aromatic nitrogens is 3. The largest absolute Gasteiger partial charge is 0.366 e. The number of aryl methyl sites for hydroxylation is 1. The molecule has 1 aromatic carbocycles. The number of hydrogen-bond acceptors (Lipinski definition) is 7. The first-order valence-corrected chi connectivity index (χ1v) is 9.36. The second kappa shape index (κ2) is 7.61. The zero-order valence-corrected chi connectivity index (χ0v) is 15.8. The summed E-state index contributed by atoms with van der Waals surface area (Å²) >= 11 is 1.53. The summed E-state index contributed by atoms with van der Waals surface area (Å²) in [4.78, 5) is 25.3. The van der Waals surface area contributed by atoms with Crippen molar-refractivity contribution in [2.45, 2.75) is 13.5 Å². The van der Waals surface area contributed by atoms with E-state index in [1.54, 1.807) is 24.5 Å². The maximum Gasteiger partial charge on any atom is 0.248 e. The summed E-state index contributed by atoms with van der Waals surface area (Å²) in [5.41, 5.74) is 9.60. The molecule has 7 nitrogen and oxygen atoms in total. The molecule has 0 atom stereocenters. The molecular formula is C20H16N6OS. The van der Waals surface area contributed by atoms with Gasteiger partial charge in [0.1, 0.15) is 11.0 Å². The van der Waals surface area contributed by atoms with Gasteiger partial charge in [-0.05, 0) is 41.8 Å². The average Bonchev–Trinajstić information content (AvgIpc) is 3.06. The lowest BCUT2D eigenvalue weighted by atomic mass is 10.1. The maximum atomic E-state index is 11.5. The fourth-order valence-electron chi connectivity index (χ4n) is 2.85. The Labute approximate surface area is 165 Å². The van der Waals surface area contributed by atoms with E-state index < -0.39 is 5.91 Å². The molecule has 0 aliphatic rings. The van der Waals surface area contributed by atoms with E-state index in [0.717, 1.165) is 31.8 Å². The number of thiophene rings is 1. The first-order valence-electron chi connectivity index (χ1n) is 8.54. The van der Waals surface area contributed by atoms with Crippen LogP contribution in [-0.4, -0.2) is 20.9 Å². The summed E-state index contributed by atoms with van der Waals surface area (Å²) in [6, 6.07) is 11.1. The Morgan fingerprint density at radius 3 is 2.89 bits per heavy atom. The van der Waals surface area contributed by atoms with Gasteiger partial charge in [-0.1, -0.05) is 18.2 Å². The van der Waals surface area contributed by atoms with Gasteiger partial charge in [-0.25, -0.2) is 9.97 Å². The minimum absolute atomic E-state index is 0.428. The van der Waals surface area contributed by atoms with Crippen LogP contribution in [-0.2, 0) is 6.54 Å². The van der Waals surface area contributed by atoms with E-state index >= 15 is 0 Å². The Bertz CT molecular complexity index is 1190. The van der Waals surface area contributed by atoms with Gasteiger partial charge < -0.3 is 5.73 Å². The summed E-state index contributed by atoms with van der Waals surface area (Å²) in [6.45, 7) is 2.42. The van der Waals surface area contributed by atoms with Crippen LogP contribution in [0, 0.1) is 6.92 Å². The fraction of sp³-hybridized carbons (Fsp3) is 0.100. The molecule has 8 heteroatoms. The third-order valence-electron chi connectivity index (χ3n) is 4.24. The minimum Gasteiger partial charge on any atom is -0.366 e. The molecule has 4 aromatic rings. The van der Waals surface area contributed by atoms with Crippen LogP contribution in [0.25, 0.3) is 20.7 Å². The summed E-state index contributed by atoms with van der Waals surface area (Å²) < 4.78 is 0.856. The number of amides is 1. The first kappa shape index (κ1) is 17.9. The van der Waals surface area contributed by atoms with E-state index in [9.17, 15) is 4.79 Å². The van der Waals surface area contributed by atoms with Gasteiger partial charge >= 0.3 is 0 Å². The Morgan fingerprint density at radius 2 is 2.11 bits per heavy atom. The van der Waals surface area contributed by atoms with E-state index in [0.29, 0.717) is 17.9 Å². The van der Waals surface area contributed by atoms with Gasteiger partial charge in [0.15, 0.2) is 5.82 Å². The Hall–Kier alpha value is -3.52. The summed E-state index contributed by atoms with van der Waals surface area (Å²) in [6.07, 6.45) is 4.97. The molecule has 3 heterocycles. The average molecular weight is 388 g/mol. The third kappa shape index (κ3) is 3.49. The molecule has 0 fully saturated rings. The molecule has 2 N–H and O–H groups in total. The van der Waals surface area contributed by atoms with Crippen LogP contribution in [0.4, 0.5) is 5.82 Å². The highest BCUT2D eigenvalue weighted by Crippen LogP contribution is 2.40. The highest BCUT2D eigenvalue weighted by atomic mass is 32.1. The first-order chi connectivity index (χ1) is 13.6. The summed E-state index contributed by atoms with van der Waals surface area (Å²) in [5.74, 6) is 0.0737. The number of carbonyl (C=O) groups is 1. The van der Waals surface area contributed by atoms with Crippen molar-refractivity contribution in [2.24, 2.45) is 16.0 Å². The molecule has 0 bridgehead atoms. The second-order valence-corrected chi connectivity index (χ2v) is 7.16. The lowest BCUT2D eigenvalue weighted by Gasteiger charge is -2.01. The Morgan fingerprint density at radius 1 is 1.21 bits per heavy atom. The summed E-state index contributed by atoms with van der Waals surface area (Å²) in [7, 11) is 0. The van der Waals surface area contributed by atoms with Crippen molar-refractivity contribution >= 4 is 33.3 Å². The molecular weight excluding hydrogens is 372 g/mol. The quantitative estimate of drug-likeness (QED) is 0.510. The van der Waals surface area contributed by atoms with Crippen LogP contribution in [0.15, 0.2) is 65.3 Å². The molecule has 0 aliphatic carbocycles. The van der Waals surface area contributed by atoms with Gasteiger partial charge in [-0.3, -0.25) is 9.78 Å². The van der Waals surface area contributed by atoms with Crippen LogP contribution in [0.3, 0.4) is 0 Å². The Balaban J connectivity index is 1.72. The number of nitrogens with zero attached hydrogens (tertiary/aromatic N) is 5. The topological polar surface area (TPSA) is 106 Å². The number of azo groups is 1. The van der Waals surface area contributed by atoms with Crippen molar-refractivity contribution in [2.75, 3.05) is 0 Å². The van der Waals surface area contributed by atoms with Gasteiger partial charge in [0.2, 0.25) is 5.91 Å². The predicted octanol–water partition coefficient (Wildman–Crippen LogP) is 4.44. The minimum atomic E-state index is -0.453. The SMILES string of the molecule is Cc1c(-c2cccc(C(N)=O)c2)sc2c(N=NCc3cccnc3)ncnc12. The van der Waals surface area contributed by atoms with Gasteiger partial charge in [-0.15, -0.1) is 16.5 Å². The van der Waals surface area contributed by atoms with E-state index in [-0.39, 0.29) is 0 Å². The van der Waals surface area contributed by atoms with E-state index in [4.69, 9.17) is 5.73 Å². The van der Waals surface area contributed by atoms with Crippen molar-refractivity contribution in [1.82, 2.24) is 15.0 Å². The number of hydrogen-bond donors (Lipinski definition) is 1. The highest BCUT2D eigenvalue weighted by molar-refractivity contribution is 7.23. The number of primary amides is 1. The lowest BCUT2D eigenvalue weighted by Crippen LogP contribution is -2.10. The van der Waals surface area contributed by atoms with E-state index in [1.807, 2.05) is 31.2 Å². The highest BCUT2D eigenvalue weighted by Gasteiger charge is 2.16. The molecule has 0 aliphatic heterocycles. The van der Waals surface area contributed by atoms with Gasteiger partial charge in [-0.2, -0.15) is 5.11 Å². The number of nitrogens with two attached hydrogens (primary N) is 1. The molecule has 0 saturated carbocycles. The predicted molar refractivity (Wildman–Crippen MR) is 109 cm³/mol.